The zero-order valence-corrected chi connectivity index (χ0v) is 11.5. The number of halogens is 1. The molecule has 0 bridgehead atoms. The molecule has 2 N–H and O–H groups in total. The maximum Gasteiger partial charge on any atom is 0.338 e. The number of nitrogens with one attached hydrogen (secondary N) is 1. The van der Waals surface area contributed by atoms with Crippen LogP contribution in [0.2, 0.25) is 0 Å². The van der Waals surface area contributed by atoms with E-state index in [0.717, 1.165) is 6.07 Å². The highest BCUT2D eigenvalue weighted by Crippen LogP contribution is 2.19. The third-order valence-corrected chi connectivity index (χ3v) is 3.76. The lowest BCUT2D eigenvalue weighted by Gasteiger charge is -2.11. The third kappa shape index (κ3) is 4.51. The van der Waals surface area contributed by atoms with Gasteiger partial charge >= 0.3 is 5.97 Å². The van der Waals surface area contributed by atoms with Crippen LogP contribution in [0.1, 0.15) is 30.6 Å². The first kappa shape index (κ1) is 15.4. The molecule has 0 aromatic heterocycles. The van der Waals surface area contributed by atoms with Crippen LogP contribution in [0.25, 0.3) is 0 Å². The van der Waals surface area contributed by atoms with E-state index in [9.17, 15) is 17.6 Å². The summed E-state index contributed by atoms with van der Waals surface area (Å²) in [7, 11) is -3.68. The van der Waals surface area contributed by atoms with Crippen molar-refractivity contribution in [1.29, 1.82) is 0 Å². The average molecular weight is 289 g/mol. The monoisotopic (exact) mass is 289 g/mol. The number of benzene rings is 1. The number of hydrogen-bond donors (Lipinski definition) is 2. The van der Waals surface area contributed by atoms with E-state index in [4.69, 9.17) is 5.11 Å². The Morgan fingerprint density at radius 2 is 2.05 bits per heavy atom. The highest BCUT2D eigenvalue weighted by atomic mass is 32.2. The summed E-state index contributed by atoms with van der Waals surface area (Å²) in [5, 5.41) is 8.75. The molecule has 0 saturated heterocycles. The quantitative estimate of drug-likeness (QED) is 0.841. The van der Waals surface area contributed by atoms with E-state index in [0.29, 0.717) is 6.42 Å². The fraction of sp³-hybridized carbons (Fsp3) is 0.417. The van der Waals surface area contributed by atoms with Gasteiger partial charge in [-0.25, -0.2) is 17.6 Å². The lowest BCUT2D eigenvalue weighted by molar-refractivity contribution is 0.0692. The van der Waals surface area contributed by atoms with Crippen molar-refractivity contribution in [3.63, 3.8) is 0 Å². The van der Waals surface area contributed by atoms with E-state index in [1.807, 2.05) is 13.8 Å². The van der Waals surface area contributed by atoms with Crippen LogP contribution in [0.5, 0.6) is 0 Å². The molecule has 5 nitrogen and oxygen atoms in total. The number of carboxylic acids is 1. The van der Waals surface area contributed by atoms with Crippen LogP contribution in [0.15, 0.2) is 18.2 Å². The molecule has 0 fully saturated rings. The molecule has 0 radical (unpaired) electrons. The number of carbonyl (C=O) groups is 1. The summed E-state index contributed by atoms with van der Waals surface area (Å²) in [6, 6.07) is 3.55. The summed E-state index contributed by atoms with van der Waals surface area (Å²) in [6.45, 7) is 3.75. The van der Waals surface area contributed by atoms with Gasteiger partial charge < -0.3 is 5.11 Å². The molecule has 0 aliphatic carbocycles. The maximum absolute atomic E-state index is 13.7. The third-order valence-electron chi connectivity index (χ3n) is 2.46. The zero-order chi connectivity index (χ0) is 14.6. The summed E-state index contributed by atoms with van der Waals surface area (Å²) < 4.78 is 39.2. The molecule has 0 amide bonds. The second-order valence-corrected chi connectivity index (χ2v) is 6.42. The number of carboxylic acid groups (broad SMARTS) is 1. The number of aromatic carboxylic acids is 1. The molecular weight excluding hydrogens is 273 g/mol. The molecule has 0 aliphatic heterocycles. The molecule has 1 aromatic carbocycles. The van der Waals surface area contributed by atoms with E-state index < -0.39 is 27.4 Å². The van der Waals surface area contributed by atoms with Crippen molar-refractivity contribution >= 4 is 21.7 Å². The first-order chi connectivity index (χ1) is 8.73. The van der Waals surface area contributed by atoms with Gasteiger partial charge in [0, 0.05) is 0 Å². The van der Waals surface area contributed by atoms with Gasteiger partial charge in [0.2, 0.25) is 10.0 Å². The molecular formula is C12H16FNO4S. The molecule has 1 aromatic rings. The van der Waals surface area contributed by atoms with Gasteiger partial charge in [0.05, 0.1) is 17.0 Å². The average Bonchev–Trinajstić information content (AvgIpc) is 2.29. The topological polar surface area (TPSA) is 83.5 Å². The van der Waals surface area contributed by atoms with Gasteiger partial charge in [0.15, 0.2) is 5.82 Å². The first-order valence-electron chi connectivity index (χ1n) is 5.75. The Labute approximate surface area is 111 Å². The maximum atomic E-state index is 13.7. The smallest absolute Gasteiger partial charge is 0.338 e. The zero-order valence-electron chi connectivity index (χ0n) is 10.7. The molecule has 0 atom stereocenters. The minimum Gasteiger partial charge on any atom is -0.478 e. The van der Waals surface area contributed by atoms with Crippen LogP contribution >= 0.6 is 0 Å². The molecule has 7 heteroatoms. The Bertz CT molecular complexity index is 569. The summed E-state index contributed by atoms with van der Waals surface area (Å²) in [5.41, 5.74) is -0.910. The van der Waals surface area contributed by atoms with Gasteiger partial charge in [-0.1, -0.05) is 19.9 Å². The summed E-state index contributed by atoms with van der Waals surface area (Å²) in [6.07, 6.45) is 0.440. The Morgan fingerprint density at radius 3 is 2.58 bits per heavy atom. The van der Waals surface area contributed by atoms with Crippen molar-refractivity contribution < 1.29 is 22.7 Å². The molecule has 0 spiro atoms. The van der Waals surface area contributed by atoms with Crippen LogP contribution in [-0.2, 0) is 10.0 Å². The van der Waals surface area contributed by atoms with Crippen molar-refractivity contribution in [2.45, 2.75) is 20.3 Å². The molecule has 19 heavy (non-hydrogen) atoms. The number of hydrogen-bond acceptors (Lipinski definition) is 3. The lowest BCUT2D eigenvalue weighted by Crippen LogP contribution is -2.19. The second kappa shape index (κ2) is 6.01. The van der Waals surface area contributed by atoms with Crippen LogP contribution < -0.4 is 4.72 Å². The van der Waals surface area contributed by atoms with E-state index in [2.05, 4.69) is 4.72 Å². The van der Waals surface area contributed by atoms with Crippen molar-refractivity contribution in [2.24, 2.45) is 5.92 Å². The van der Waals surface area contributed by atoms with E-state index >= 15 is 0 Å². The minimum atomic E-state index is -3.68. The number of anilines is 1. The van der Waals surface area contributed by atoms with Crippen molar-refractivity contribution in [1.82, 2.24) is 0 Å². The molecule has 0 aliphatic rings. The largest absolute Gasteiger partial charge is 0.478 e. The lowest BCUT2D eigenvalue weighted by atomic mass is 10.2. The molecule has 0 unspecified atom stereocenters. The van der Waals surface area contributed by atoms with E-state index in [1.165, 1.54) is 12.1 Å². The Hall–Kier alpha value is -1.63. The van der Waals surface area contributed by atoms with Gasteiger partial charge in [0.25, 0.3) is 0 Å². The predicted molar refractivity (Wildman–Crippen MR) is 70.2 cm³/mol. The van der Waals surface area contributed by atoms with Crippen LogP contribution in [-0.4, -0.2) is 25.2 Å². The Kier molecular flexibility index (Phi) is 4.88. The van der Waals surface area contributed by atoms with E-state index in [-0.39, 0.29) is 17.4 Å². The minimum absolute atomic E-state index is 0.137. The summed E-state index contributed by atoms with van der Waals surface area (Å²) >= 11 is 0. The molecule has 0 saturated carbocycles. The molecule has 106 valence electrons. The highest BCUT2D eigenvalue weighted by Gasteiger charge is 2.18. The summed E-state index contributed by atoms with van der Waals surface area (Å²) in [5.74, 6) is -2.46. The Morgan fingerprint density at radius 1 is 1.42 bits per heavy atom. The van der Waals surface area contributed by atoms with E-state index in [1.54, 1.807) is 0 Å². The van der Waals surface area contributed by atoms with Gasteiger partial charge in [-0.15, -0.1) is 0 Å². The molecule has 0 heterocycles. The van der Waals surface area contributed by atoms with Crippen molar-refractivity contribution in [3.8, 4) is 0 Å². The fourth-order valence-electron chi connectivity index (χ4n) is 1.39. The summed E-state index contributed by atoms with van der Waals surface area (Å²) in [4.78, 5) is 10.7. The predicted octanol–water partition coefficient (Wildman–Crippen LogP) is 2.31. The van der Waals surface area contributed by atoms with Crippen LogP contribution in [0, 0.1) is 11.7 Å². The van der Waals surface area contributed by atoms with Crippen LogP contribution in [0.3, 0.4) is 0 Å². The van der Waals surface area contributed by atoms with Gasteiger partial charge in [-0.2, -0.15) is 0 Å². The van der Waals surface area contributed by atoms with Gasteiger partial charge in [-0.3, -0.25) is 4.72 Å². The first-order valence-corrected chi connectivity index (χ1v) is 7.40. The SMILES string of the molecule is CC(C)CCS(=O)(=O)Nc1cccc(C(=O)O)c1F. The number of rotatable bonds is 6. The normalized spacial score (nSPS) is 11.6. The van der Waals surface area contributed by atoms with Crippen molar-refractivity contribution in [2.75, 3.05) is 10.5 Å². The second-order valence-electron chi connectivity index (χ2n) is 4.58. The van der Waals surface area contributed by atoms with Crippen molar-refractivity contribution in [3.05, 3.63) is 29.6 Å². The number of sulfonamides is 1. The Balaban J connectivity index is 2.94. The fourth-order valence-corrected chi connectivity index (χ4v) is 2.76. The molecule has 1 rings (SSSR count). The van der Waals surface area contributed by atoms with Gasteiger partial charge in [0.1, 0.15) is 0 Å². The van der Waals surface area contributed by atoms with Crippen LogP contribution in [0.4, 0.5) is 10.1 Å². The highest BCUT2D eigenvalue weighted by molar-refractivity contribution is 7.92. The van der Waals surface area contributed by atoms with Gasteiger partial charge in [-0.05, 0) is 24.5 Å². The standard InChI is InChI=1S/C12H16FNO4S/c1-8(2)6-7-19(17,18)14-10-5-3-4-9(11(10)13)12(15)16/h3-5,8,14H,6-7H2,1-2H3,(H,15,16).